The van der Waals surface area contributed by atoms with E-state index < -0.39 is 5.82 Å². The van der Waals surface area contributed by atoms with E-state index in [9.17, 15) is 14.0 Å². The minimum atomic E-state index is -0.600. The fraction of sp³-hybridized carbons (Fsp3) is 0.261. The number of nitriles is 1. The number of aromatic nitrogens is 3. The lowest BCUT2D eigenvalue weighted by Gasteiger charge is -2.31. The van der Waals surface area contributed by atoms with E-state index in [-0.39, 0.29) is 30.0 Å². The van der Waals surface area contributed by atoms with Crippen LogP contribution in [0.2, 0.25) is 0 Å². The molecule has 1 aliphatic rings. The van der Waals surface area contributed by atoms with Crippen molar-refractivity contribution in [3.8, 4) is 6.07 Å². The van der Waals surface area contributed by atoms with E-state index >= 15 is 0 Å². The first-order chi connectivity index (χ1) is 16.0. The summed E-state index contributed by atoms with van der Waals surface area (Å²) in [5, 5.41) is 15.1. The third-order valence-electron chi connectivity index (χ3n) is 5.56. The number of piperidine rings is 1. The normalized spacial score (nSPS) is 14.0. The molecule has 33 heavy (non-hydrogen) atoms. The van der Waals surface area contributed by atoms with Gasteiger partial charge in [0.1, 0.15) is 23.2 Å². The Bertz CT molecular complexity index is 1260. The summed E-state index contributed by atoms with van der Waals surface area (Å²) < 4.78 is 13.5. The number of hydrogen-bond donors (Lipinski definition) is 3. The van der Waals surface area contributed by atoms with Gasteiger partial charge in [-0.3, -0.25) is 9.59 Å². The molecule has 3 aromatic rings. The van der Waals surface area contributed by atoms with Crippen LogP contribution in [0.4, 0.5) is 10.2 Å². The quantitative estimate of drug-likeness (QED) is 0.498. The number of H-pyrrole nitrogens is 1. The molecule has 1 aliphatic heterocycles. The zero-order chi connectivity index (χ0) is 23.4. The Hall–Kier alpha value is -4.26. The van der Waals surface area contributed by atoms with Gasteiger partial charge < -0.3 is 20.5 Å². The third-order valence-corrected chi connectivity index (χ3v) is 5.56. The molecule has 3 N–H and O–H groups in total. The number of aromatic amines is 1. The SMILES string of the molecule is C=CC(=O)N1CCC(Nc2cnc3[nH]cc(C(=O)NCc4ccc(F)c(C#N)c4)c3n2)CC1. The maximum absolute atomic E-state index is 13.5. The maximum atomic E-state index is 13.5. The van der Waals surface area contributed by atoms with Gasteiger partial charge >= 0.3 is 0 Å². The van der Waals surface area contributed by atoms with E-state index in [4.69, 9.17) is 5.26 Å². The minimum absolute atomic E-state index is 0.0675. The number of likely N-dealkylation sites (tertiary alicyclic amines) is 1. The lowest BCUT2D eigenvalue weighted by atomic mass is 10.1. The van der Waals surface area contributed by atoms with Crippen LogP contribution in [0.5, 0.6) is 0 Å². The van der Waals surface area contributed by atoms with E-state index in [0.717, 1.165) is 12.8 Å². The molecule has 0 bridgehead atoms. The van der Waals surface area contributed by atoms with Crippen LogP contribution >= 0.6 is 0 Å². The van der Waals surface area contributed by atoms with Gasteiger partial charge in [0.2, 0.25) is 5.91 Å². The van der Waals surface area contributed by atoms with Crippen molar-refractivity contribution < 1.29 is 14.0 Å². The van der Waals surface area contributed by atoms with Gasteiger partial charge in [-0.2, -0.15) is 5.26 Å². The highest BCUT2D eigenvalue weighted by Crippen LogP contribution is 2.20. The van der Waals surface area contributed by atoms with E-state index in [1.807, 2.05) is 0 Å². The second kappa shape index (κ2) is 9.48. The summed E-state index contributed by atoms with van der Waals surface area (Å²) in [7, 11) is 0. The van der Waals surface area contributed by atoms with Crippen molar-refractivity contribution in [3.63, 3.8) is 0 Å². The smallest absolute Gasteiger partial charge is 0.255 e. The maximum Gasteiger partial charge on any atom is 0.255 e. The van der Waals surface area contributed by atoms with Crippen LogP contribution in [-0.4, -0.2) is 50.8 Å². The van der Waals surface area contributed by atoms with Crippen molar-refractivity contribution in [1.29, 1.82) is 5.26 Å². The number of rotatable bonds is 6. The van der Waals surface area contributed by atoms with E-state index in [0.29, 0.717) is 41.2 Å². The van der Waals surface area contributed by atoms with Crippen molar-refractivity contribution in [2.45, 2.75) is 25.4 Å². The summed E-state index contributed by atoms with van der Waals surface area (Å²) in [6.07, 6.45) is 5.99. The molecule has 9 nitrogen and oxygen atoms in total. The number of anilines is 1. The number of nitrogens with zero attached hydrogens (tertiary/aromatic N) is 4. The van der Waals surface area contributed by atoms with Crippen LogP contribution in [-0.2, 0) is 11.3 Å². The van der Waals surface area contributed by atoms with Gasteiger partial charge in [0.25, 0.3) is 5.91 Å². The molecule has 3 heterocycles. The Labute approximate surface area is 189 Å². The molecular formula is C23H22FN7O2. The molecule has 0 atom stereocenters. The first-order valence-corrected chi connectivity index (χ1v) is 10.5. The Morgan fingerprint density at radius 3 is 2.88 bits per heavy atom. The number of amides is 2. The van der Waals surface area contributed by atoms with E-state index in [2.05, 4.69) is 32.2 Å². The zero-order valence-corrected chi connectivity index (χ0v) is 17.8. The van der Waals surface area contributed by atoms with E-state index in [1.54, 1.807) is 17.2 Å². The Morgan fingerprint density at radius 1 is 1.36 bits per heavy atom. The molecule has 0 saturated carbocycles. The third kappa shape index (κ3) is 4.82. The Morgan fingerprint density at radius 2 is 2.15 bits per heavy atom. The van der Waals surface area contributed by atoms with Gasteiger partial charge in [0.05, 0.1) is 17.3 Å². The van der Waals surface area contributed by atoms with Gasteiger partial charge in [-0.15, -0.1) is 0 Å². The summed E-state index contributed by atoms with van der Waals surface area (Å²) >= 11 is 0. The summed E-state index contributed by atoms with van der Waals surface area (Å²) in [5.41, 5.74) is 1.76. The molecular weight excluding hydrogens is 425 g/mol. The minimum Gasteiger partial charge on any atom is -0.366 e. The average molecular weight is 447 g/mol. The van der Waals surface area contributed by atoms with Crippen LogP contribution in [0.15, 0.2) is 43.2 Å². The molecule has 2 amide bonds. The number of fused-ring (bicyclic) bond motifs is 1. The molecule has 2 aromatic heterocycles. The molecule has 0 aliphatic carbocycles. The number of benzene rings is 1. The second-order valence-electron chi connectivity index (χ2n) is 7.71. The summed E-state index contributed by atoms with van der Waals surface area (Å²) in [6, 6.07) is 6.04. The highest BCUT2D eigenvalue weighted by molar-refractivity contribution is 6.04. The van der Waals surface area contributed by atoms with Gasteiger partial charge in [0, 0.05) is 31.9 Å². The average Bonchev–Trinajstić information content (AvgIpc) is 3.26. The van der Waals surface area contributed by atoms with Crippen molar-refractivity contribution >= 4 is 28.8 Å². The molecule has 10 heteroatoms. The largest absolute Gasteiger partial charge is 0.366 e. The van der Waals surface area contributed by atoms with Crippen molar-refractivity contribution in [1.82, 2.24) is 25.2 Å². The number of carbonyl (C=O) groups is 2. The lowest BCUT2D eigenvalue weighted by molar-refractivity contribution is -0.126. The molecule has 1 saturated heterocycles. The van der Waals surface area contributed by atoms with Crippen molar-refractivity contribution in [2.75, 3.05) is 18.4 Å². The van der Waals surface area contributed by atoms with Crippen LogP contribution < -0.4 is 10.6 Å². The fourth-order valence-corrected chi connectivity index (χ4v) is 3.76. The van der Waals surface area contributed by atoms with Gasteiger partial charge in [-0.25, -0.2) is 14.4 Å². The first kappa shape index (κ1) is 22.0. The van der Waals surface area contributed by atoms with Crippen molar-refractivity contribution in [2.24, 2.45) is 0 Å². The van der Waals surface area contributed by atoms with Gasteiger partial charge in [-0.05, 0) is 36.6 Å². The molecule has 4 rings (SSSR count). The molecule has 0 unspecified atom stereocenters. The standard InChI is InChI=1S/C23H22FN7O2/c1-2-20(32)31-7-5-16(6-8-31)29-19-13-27-22-21(30-19)17(12-26-22)23(33)28-11-14-3-4-18(24)15(9-14)10-25/h2-4,9,12-13,16H,1,5-8,11H2,(H,26,27)(H,28,33)(H,29,30). The summed E-state index contributed by atoms with van der Waals surface area (Å²) in [5.74, 6) is -0.492. The molecule has 1 aromatic carbocycles. The zero-order valence-electron chi connectivity index (χ0n) is 17.8. The second-order valence-corrected chi connectivity index (χ2v) is 7.71. The number of hydrogen-bond acceptors (Lipinski definition) is 6. The van der Waals surface area contributed by atoms with Crippen LogP contribution in [0.1, 0.15) is 34.3 Å². The Balaban J connectivity index is 1.42. The lowest BCUT2D eigenvalue weighted by Crippen LogP contribution is -2.41. The van der Waals surface area contributed by atoms with Crippen molar-refractivity contribution in [3.05, 3.63) is 65.8 Å². The highest BCUT2D eigenvalue weighted by Gasteiger charge is 2.22. The first-order valence-electron chi connectivity index (χ1n) is 10.5. The van der Waals surface area contributed by atoms with Gasteiger partial charge in [0.15, 0.2) is 5.65 Å². The summed E-state index contributed by atoms with van der Waals surface area (Å²) in [6.45, 7) is 4.92. The molecule has 1 fully saturated rings. The van der Waals surface area contributed by atoms with Crippen LogP contribution in [0, 0.1) is 17.1 Å². The molecule has 0 radical (unpaired) electrons. The molecule has 0 spiro atoms. The highest BCUT2D eigenvalue weighted by atomic mass is 19.1. The van der Waals surface area contributed by atoms with E-state index in [1.165, 1.54) is 30.5 Å². The topological polar surface area (TPSA) is 127 Å². The monoisotopic (exact) mass is 447 g/mol. The number of halogens is 1. The summed E-state index contributed by atoms with van der Waals surface area (Å²) in [4.78, 5) is 38.1. The number of nitrogens with one attached hydrogen (secondary N) is 3. The Kier molecular flexibility index (Phi) is 6.31. The fourth-order valence-electron chi connectivity index (χ4n) is 3.76. The predicted molar refractivity (Wildman–Crippen MR) is 120 cm³/mol. The predicted octanol–water partition coefficient (Wildman–Crippen LogP) is 2.49. The number of carbonyl (C=O) groups excluding carboxylic acids is 2. The molecule has 168 valence electrons. The van der Waals surface area contributed by atoms with Gasteiger partial charge in [-0.1, -0.05) is 12.6 Å². The van der Waals surface area contributed by atoms with Crippen LogP contribution in [0.3, 0.4) is 0 Å². The van der Waals surface area contributed by atoms with Crippen LogP contribution in [0.25, 0.3) is 11.2 Å².